The molecule has 1 heterocycles. The van der Waals surface area contributed by atoms with Crippen LogP contribution < -0.4 is 4.90 Å². The zero-order valence-corrected chi connectivity index (χ0v) is 28.2. The van der Waals surface area contributed by atoms with Crippen molar-refractivity contribution in [2.24, 2.45) is 5.92 Å². The number of nitrogens with zero attached hydrogens (tertiary/aromatic N) is 4. The molecule has 15 heteroatoms. The van der Waals surface area contributed by atoms with E-state index in [1.807, 2.05) is 0 Å². The van der Waals surface area contributed by atoms with E-state index in [4.69, 9.17) is 4.74 Å². The maximum absolute atomic E-state index is 13.8. The Hall–Kier alpha value is -4.04. The van der Waals surface area contributed by atoms with Gasteiger partial charge in [-0.2, -0.15) is 26.3 Å². The zero-order valence-electron chi connectivity index (χ0n) is 28.2. The molecule has 270 valence electrons. The van der Waals surface area contributed by atoms with Crippen LogP contribution in [0.4, 0.5) is 46.0 Å². The van der Waals surface area contributed by atoms with Crippen molar-refractivity contribution in [3.63, 3.8) is 0 Å². The molecule has 8 nitrogen and oxygen atoms in total. The number of ether oxygens (including phenoxy) is 1. The smallest absolute Gasteiger partial charge is 0.416 e. The lowest BCUT2D eigenvalue weighted by Gasteiger charge is -2.36. The minimum absolute atomic E-state index is 0.0143. The van der Waals surface area contributed by atoms with Gasteiger partial charge in [0, 0.05) is 57.8 Å². The zero-order chi connectivity index (χ0) is 36.6. The lowest BCUT2D eigenvalue weighted by atomic mass is 9.84. The number of hydrogen-bond donors (Lipinski definition) is 0. The van der Waals surface area contributed by atoms with Crippen molar-refractivity contribution in [3.05, 3.63) is 65.0 Å². The number of hydrogen-bond acceptors (Lipinski definition) is 4. The Labute approximate surface area is 280 Å². The molecule has 0 bridgehead atoms. The summed E-state index contributed by atoms with van der Waals surface area (Å²) >= 11 is 0. The van der Waals surface area contributed by atoms with Gasteiger partial charge >= 0.3 is 24.5 Å². The molecule has 1 aliphatic heterocycles. The van der Waals surface area contributed by atoms with Gasteiger partial charge in [-0.25, -0.2) is 14.0 Å². The van der Waals surface area contributed by atoms with Crippen LogP contribution in [0.25, 0.3) is 0 Å². The average Bonchev–Trinajstić information content (AvgIpc) is 3.47. The molecule has 1 saturated heterocycles. The van der Waals surface area contributed by atoms with E-state index < -0.39 is 64.7 Å². The third kappa shape index (κ3) is 8.96. The van der Waals surface area contributed by atoms with Gasteiger partial charge in [0.15, 0.2) is 0 Å². The molecule has 0 radical (unpaired) electrons. The monoisotopic (exact) mass is 702 g/mol. The molecule has 0 unspecified atom stereocenters. The first-order chi connectivity index (χ1) is 22.6. The fourth-order valence-corrected chi connectivity index (χ4v) is 6.47. The Kier molecular flexibility index (Phi) is 10.8. The Bertz CT molecular complexity index is 1480. The summed E-state index contributed by atoms with van der Waals surface area (Å²) in [5.41, 5.74) is -3.79. The first-order valence-electron chi connectivity index (χ1n) is 15.9. The highest BCUT2D eigenvalue weighted by Gasteiger charge is 2.44. The number of anilines is 1. The molecule has 2 atom stereocenters. The fourth-order valence-electron chi connectivity index (χ4n) is 6.47. The van der Waals surface area contributed by atoms with E-state index >= 15 is 0 Å². The Balaban J connectivity index is 1.54. The quantitative estimate of drug-likeness (QED) is 0.299. The van der Waals surface area contributed by atoms with Gasteiger partial charge in [-0.15, -0.1) is 0 Å². The number of carbonyl (C=O) groups excluding carboxylic acids is 3. The third-order valence-electron chi connectivity index (χ3n) is 9.22. The predicted molar refractivity (Wildman–Crippen MR) is 167 cm³/mol. The Morgan fingerprint density at radius 1 is 0.776 bits per heavy atom. The summed E-state index contributed by atoms with van der Waals surface area (Å²) < 4.78 is 100. The van der Waals surface area contributed by atoms with E-state index in [0.29, 0.717) is 48.3 Å². The highest BCUT2D eigenvalue weighted by atomic mass is 19.4. The van der Waals surface area contributed by atoms with Crippen LogP contribution in [0.3, 0.4) is 0 Å². The summed E-state index contributed by atoms with van der Waals surface area (Å²) in [6.45, 7) is 5.50. The molecule has 2 aromatic carbocycles. The number of alkyl halides is 6. The molecule has 0 N–H and O–H groups in total. The highest BCUT2D eigenvalue weighted by Crippen LogP contribution is 2.39. The molecule has 1 saturated carbocycles. The fraction of sp³-hybridized carbons (Fsp3) is 0.559. The van der Waals surface area contributed by atoms with Gasteiger partial charge in [-0.1, -0.05) is 12.1 Å². The SMILES string of the molecule is CN(C(=O)N(C)[C@@H]1CN(C(=O)C2CCC(N(C)C(=O)OC(C)(C)C)CC2)C[C@H]1c1ccc(F)cc1)c1cc(C(F)(F)F)cc(C(F)(F)F)c1. The van der Waals surface area contributed by atoms with Crippen molar-refractivity contribution in [1.82, 2.24) is 14.7 Å². The van der Waals surface area contributed by atoms with E-state index in [-0.39, 0.29) is 37.0 Å². The van der Waals surface area contributed by atoms with E-state index in [9.17, 15) is 45.1 Å². The first-order valence-corrected chi connectivity index (χ1v) is 15.9. The number of halogens is 7. The maximum atomic E-state index is 13.8. The summed E-state index contributed by atoms with van der Waals surface area (Å²) in [5, 5.41) is 0. The Morgan fingerprint density at radius 3 is 1.80 bits per heavy atom. The van der Waals surface area contributed by atoms with Gasteiger partial charge in [0.05, 0.1) is 17.2 Å². The molecular weight excluding hydrogens is 661 g/mol. The topological polar surface area (TPSA) is 73.4 Å². The number of likely N-dealkylation sites (tertiary alicyclic amines) is 1. The molecule has 49 heavy (non-hydrogen) atoms. The molecular formula is C34H41F7N4O4. The number of likely N-dealkylation sites (N-methyl/N-ethyl adjacent to an activating group) is 1. The van der Waals surface area contributed by atoms with Crippen molar-refractivity contribution >= 4 is 23.7 Å². The average molecular weight is 703 g/mol. The molecule has 2 fully saturated rings. The number of amides is 4. The van der Waals surface area contributed by atoms with Crippen LogP contribution in [0.15, 0.2) is 42.5 Å². The van der Waals surface area contributed by atoms with Crippen LogP contribution in [0, 0.1) is 11.7 Å². The summed E-state index contributed by atoms with van der Waals surface area (Å²) in [4.78, 5) is 45.1. The summed E-state index contributed by atoms with van der Waals surface area (Å²) in [7, 11) is 4.10. The minimum atomic E-state index is -5.10. The summed E-state index contributed by atoms with van der Waals surface area (Å²) in [6, 6.07) is 4.66. The van der Waals surface area contributed by atoms with E-state index in [2.05, 4.69) is 0 Å². The van der Waals surface area contributed by atoms with Crippen molar-refractivity contribution in [1.29, 1.82) is 0 Å². The van der Waals surface area contributed by atoms with Crippen molar-refractivity contribution in [3.8, 4) is 0 Å². The molecule has 1 aliphatic carbocycles. The lowest BCUT2D eigenvalue weighted by molar-refractivity contribution is -0.143. The second-order valence-corrected chi connectivity index (χ2v) is 13.8. The highest BCUT2D eigenvalue weighted by molar-refractivity contribution is 5.92. The van der Waals surface area contributed by atoms with Gasteiger partial charge in [0.25, 0.3) is 0 Å². The van der Waals surface area contributed by atoms with Crippen molar-refractivity contribution in [2.75, 3.05) is 39.1 Å². The first kappa shape index (κ1) is 37.8. The predicted octanol–water partition coefficient (Wildman–Crippen LogP) is 7.77. The van der Waals surface area contributed by atoms with Gasteiger partial charge in [-0.3, -0.25) is 9.69 Å². The second kappa shape index (κ2) is 14.1. The number of urea groups is 1. The van der Waals surface area contributed by atoms with Crippen LogP contribution >= 0.6 is 0 Å². The molecule has 0 spiro atoms. The van der Waals surface area contributed by atoms with Crippen LogP contribution in [-0.4, -0.2) is 84.6 Å². The molecule has 0 aromatic heterocycles. The van der Waals surface area contributed by atoms with Crippen molar-refractivity contribution < 1.29 is 49.9 Å². The lowest BCUT2D eigenvalue weighted by Crippen LogP contribution is -2.48. The third-order valence-corrected chi connectivity index (χ3v) is 9.22. The second-order valence-electron chi connectivity index (χ2n) is 13.8. The number of carbonyl (C=O) groups is 3. The van der Waals surface area contributed by atoms with Crippen LogP contribution in [-0.2, 0) is 21.9 Å². The molecule has 4 rings (SSSR count). The number of benzene rings is 2. The van der Waals surface area contributed by atoms with E-state index in [1.165, 1.54) is 36.2 Å². The summed E-state index contributed by atoms with van der Waals surface area (Å²) in [6.07, 6.45) is -8.55. The van der Waals surface area contributed by atoms with Crippen molar-refractivity contribution in [2.45, 2.75) is 82.4 Å². The van der Waals surface area contributed by atoms with Gasteiger partial charge in [0.2, 0.25) is 5.91 Å². The van der Waals surface area contributed by atoms with Crippen LogP contribution in [0.1, 0.15) is 69.1 Å². The van der Waals surface area contributed by atoms with Crippen LogP contribution in [0.5, 0.6) is 0 Å². The maximum Gasteiger partial charge on any atom is 0.416 e. The molecule has 4 amide bonds. The van der Waals surface area contributed by atoms with Crippen LogP contribution in [0.2, 0.25) is 0 Å². The molecule has 2 aromatic rings. The standard InChI is InChI=1S/C34H41F7N4O4/c1-32(2,3)49-31(48)43(5)25-13-9-21(10-14-25)29(46)45-18-27(20-7-11-24(35)12-8-20)28(19-45)44(6)30(47)42(4)26-16-22(33(36,37)38)15-23(17-26)34(39,40)41/h7-8,11-12,15-17,21,25,27-28H,9-10,13-14,18-19H2,1-6H3/t21?,25?,27-,28+/m0/s1. The largest absolute Gasteiger partial charge is 0.444 e. The number of rotatable bonds is 5. The van der Waals surface area contributed by atoms with E-state index in [0.717, 1.165) is 7.05 Å². The van der Waals surface area contributed by atoms with E-state index in [1.54, 1.807) is 37.6 Å². The molecule has 2 aliphatic rings. The van der Waals surface area contributed by atoms with Gasteiger partial charge in [0.1, 0.15) is 11.4 Å². The van der Waals surface area contributed by atoms with Gasteiger partial charge < -0.3 is 19.4 Å². The minimum Gasteiger partial charge on any atom is -0.444 e. The Morgan fingerprint density at radius 2 is 1.31 bits per heavy atom. The normalized spacial score (nSPS) is 21.7. The summed E-state index contributed by atoms with van der Waals surface area (Å²) in [5.74, 6) is -1.58. The van der Waals surface area contributed by atoms with Gasteiger partial charge in [-0.05, 0) is 82.3 Å².